The highest BCUT2D eigenvalue weighted by Gasteiger charge is 2.23. The number of anilines is 2. The van der Waals surface area contributed by atoms with E-state index in [0.29, 0.717) is 12.0 Å². The van der Waals surface area contributed by atoms with E-state index in [1.54, 1.807) is 6.33 Å². The van der Waals surface area contributed by atoms with Crippen LogP contribution in [0, 0.1) is 0 Å². The first-order valence-electron chi connectivity index (χ1n) is 8.12. The lowest BCUT2D eigenvalue weighted by atomic mass is 10.0. The van der Waals surface area contributed by atoms with Crippen LogP contribution in [-0.2, 0) is 4.74 Å². The molecule has 2 rings (SSSR count). The summed E-state index contributed by atoms with van der Waals surface area (Å²) in [6, 6.07) is 0. The van der Waals surface area contributed by atoms with Crippen molar-refractivity contribution in [2.45, 2.75) is 52.6 Å². The zero-order valence-electron chi connectivity index (χ0n) is 13.7. The molecule has 1 atom stereocenters. The minimum atomic E-state index is 0.336. The highest BCUT2D eigenvalue weighted by molar-refractivity contribution is 5.60. The molecule has 0 spiro atoms. The Bertz CT molecular complexity index is 444. The summed E-state index contributed by atoms with van der Waals surface area (Å²) in [6.45, 7) is 12.3. The number of nitrogens with zero attached hydrogens (tertiary/aromatic N) is 3. The Kier molecular flexibility index (Phi) is 5.79. The third-order valence-electron chi connectivity index (χ3n) is 3.91. The summed E-state index contributed by atoms with van der Waals surface area (Å²) in [5.41, 5.74) is 1.21. The molecule has 1 aromatic rings. The summed E-state index contributed by atoms with van der Waals surface area (Å²) < 4.78 is 5.78. The molecule has 1 aliphatic heterocycles. The molecule has 118 valence electrons. The fourth-order valence-corrected chi connectivity index (χ4v) is 2.88. The van der Waals surface area contributed by atoms with E-state index in [1.165, 1.54) is 12.0 Å². The number of likely N-dealkylation sites (N-methyl/N-ethyl adjacent to an activating group) is 1. The topological polar surface area (TPSA) is 50.3 Å². The summed E-state index contributed by atoms with van der Waals surface area (Å²) in [5.74, 6) is 2.39. The van der Waals surface area contributed by atoms with Crippen LogP contribution in [0.4, 0.5) is 11.6 Å². The van der Waals surface area contributed by atoms with Crippen molar-refractivity contribution in [3.8, 4) is 0 Å². The van der Waals surface area contributed by atoms with E-state index in [-0.39, 0.29) is 0 Å². The Morgan fingerprint density at radius 2 is 2.19 bits per heavy atom. The van der Waals surface area contributed by atoms with Crippen LogP contribution in [-0.4, -0.2) is 42.3 Å². The van der Waals surface area contributed by atoms with Crippen LogP contribution in [0.2, 0.25) is 0 Å². The molecular formula is C16H28N4O. The molecule has 0 bridgehead atoms. The van der Waals surface area contributed by atoms with Crippen LogP contribution in [0.3, 0.4) is 0 Å². The van der Waals surface area contributed by atoms with E-state index >= 15 is 0 Å². The van der Waals surface area contributed by atoms with Crippen molar-refractivity contribution in [3.05, 3.63) is 11.9 Å². The number of ether oxygens (including phenoxy) is 1. The number of aromatic nitrogens is 2. The molecule has 0 amide bonds. The van der Waals surface area contributed by atoms with Gasteiger partial charge in [0.25, 0.3) is 0 Å². The van der Waals surface area contributed by atoms with Gasteiger partial charge >= 0.3 is 0 Å². The molecule has 2 heterocycles. The number of rotatable bonds is 7. The van der Waals surface area contributed by atoms with E-state index in [9.17, 15) is 0 Å². The Hall–Kier alpha value is -1.36. The summed E-state index contributed by atoms with van der Waals surface area (Å²) >= 11 is 0. The van der Waals surface area contributed by atoms with Gasteiger partial charge in [0.2, 0.25) is 0 Å². The second-order valence-electron chi connectivity index (χ2n) is 5.82. The van der Waals surface area contributed by atoms with Gasteiger partial charge < -0.3 is 15.0 Å². The van der Waals surface area contributed by atoms with Gasteiger partial charge in [0.05, 0.1) is 6.10 Å². The molecule has 0 aliphatic carbocycles. The molecule has 1 N–H and O–H groups in total. The Morgan fingerprint density at radius 3 is 2.76 bits per heavy atom. The second-order valence-corrected chi connectivity index (χ2v) is 5.82. The minimum Gasteiger partial charge on any atom is -0.376 e. The van der Waals surface area contributed by atoms with Crippen molar-refractivity contribution >= 4 is 11.6 Å². The van der Waals surface area contributed by atoms with E-state index in [1.807, 2.05) is 0 Å². The first-order chi connectivity index (χ1) is 10.2. The number of hydrogen-bond acceptors (Lipinski definition) is 5. The van der Waals surface area contributed by atoms with Gasteiger partial charge in [0.1, 0.15) is 18.0 Å². The van der Waals surface area contributed by atoms with E-state index in [2.05, 4.69) is 47.9 Å². The Morgan fingerprint density at radius 1 is 1.38 bits per heavy atom. The van der Waals surface area contributed by atoms with Crippen LogP contribution in [0.5, 0.6) is 0 Å². The maximum atomic E-state index is 5.78. The zero-order valence-corrected chi connectivity index (χ0v) is 13.7. The molecule has 1 unspecified atom stereocenters. The van der Waals surface area contributed by atoms with E-state index in [0.717, 1.165) is 44.3 Å². The summed E-state index contributed by atoms with van der Waals surface area (Å²) in [5, 5.41) is 3.36. The molecule has 5 nitrogen and oxygen atoms in total. The largest absolute Gasteiger partial charge is 0.376 e. The fraction of sp³-hybridized carbons (Fsp3) is 0.750. The first kappa shape index (κ1) is 16.0. The molecule has 1 aliphatic rings. The molecule has 1 saturated heterocycles. The zero-order chi connectivity index (χ0) is 15.2. The smallest absolute Gasteiger partial charge is 0.137 e. The highest BCUT2D eigenvalue weighted by Crippen LogP contribution is 2.31. The van der Waals surface area contributed by atoms with Crippen LogP contribution in [0.1, 0.15) is 52.0 Å². The maximum Gasteiger partial charge on any atom is 0.137 e. The minimum absolute atomic E-state index is 0.336. The van der Waals surface area contributed by atoms with Crippen LogP contribution < -0.4 is 10.2 Å². The number of nitrogens with one attached hydrogen (secondary N) is 1. The van der Waals surface area contributed by atoms with Crippen molar-refractivity contribution in [2.24, 2.45) is 0 Å². The summed E-state index contributed by atoms with van der Waals surface area (Å²) in [4.78, 5) is 11.3. The normalized spacial score (nSPS) is 18.2. The van der Waals surface area contributed by atoms with Crippen molar-refractivity contribution in [3.63, 3.8) is 0 Å². The molecule has 0 saturated carbocycles. The van der Waals surface area contributed by atoms with Crippen LogP contribution >= 0.6 is 0 Å². The summed E-state index contributed by atoms with van der Waals surface area (Å²) in [7, 11) is 0. The molecule has 0 radical (unpaired) electrons. The van der Waals surface area contributed by atoms with E-state index < -0.39 is 0 Å². The van der Waals surface area contributed by atoms with Gasteiger partial charge in [-0.2, -0.15) is 0 Å². The third kappa shape index (κ3) is 3.84. The lowest BCUT2D eigenvalue weighted by Crippen LogP contribution is -2.33. The van der Waals surface area contributed by atoms with Gasteiger partial charge in [0, 0.05) is 31.8 Å². The lowest BCUT2D eigenvalue weighted by molar-refractivity contribution is 0.115. The maximum absolute atomic E-state index is 5.78. The van der Waals surface area contributed by atoms with Gasteiger partial charge in [0.15, 0.2) is 0 Å². The van der Waals surface area contributed by atoms with Crippen molar-refractivity contribution in [1.82, 2.24) is 9.97 Å². The molecule has 21 heavy (non-hydrogen) atoms. The van der Waals surface area contributed by atoms with Crippen LogP contribution in [0.25, 0.3) is 0 Å². The molecular weight excluding hydrogens is 264 g/mol. The quantitative estimate of drug-likeness (QED) is 0.837. The molecule has 1 aromatic heterocycles. The Balaban J connectivity index is 2.28. The van der Waals surface area contributed by atoms with Gasteiger partial charge in [-0.15, -0.1) is 0 Å². The predicted octanol–water partition coefficient (Wildman–Crippen LogP) is 3.04. The predicted molar refractivity (Wildman–Crippen MR) is 87.1 cm³/mol. The lowest BCUT2D eigenvalue weighted by Gasteiger charge is -2.28. The molecule has 0 aromatic carbocycles. The summed E-state index contributed by atoms with van der Waals surface area (Å²) in [6.07, 6.45) is 4.32. The van der Waals surface area contributed by atoms with Crippen molar-refractivity contribution in [2.75, 3.05) is 36.5 Å². The first-order valence-corrected chi connectivity index (χ1v) is 8.12. The highest BCUT2D eigenvalue weighted by atomic mass is 16.5. The Labute approximate surface area is 128 Å². The average Bonchev–Trinajstić information content (AvgIpc) is 2.97. The average molecular weight is 292 g/mol. The molecule has 1 fully saturated rings. The van der Waals surface area contributed by atoms with Crippen molar-refractivity contribution < 1.29 is 4.74 Å². The second kappa shape index (κ2) is 7.59. The van der Waals surface area contributed by atoms with Gasteiger partial charge in [-0.1, -0.05) is 13.8 Å². The monoisotopic (exact) mass is 292 g/mol. The third-order valence-corrected chi connectivity index (χ3v) is 3.91. The van der Waals surface area contributed by atoms with Gasteiger partial charge in [-0.25, -0.2) is 9.97 Å². The van der Waals surface area contributed by atoms with Gasteiger partial charge in [-0.05, 0) is 32.6 Å². The van der Waals surface area contributed by atoms with E-state index in [4.69, 9.17) is 4.74 Å². The molecule has 5 heteroatoms. The fourth-order valence-electron chi connectivity index (χ4n) is 2.88. The van der Waals surface area contributed by atoms with Crippen molar-refractivity contribution in [1.29, 1.82) is 0 Å². The van der Waals surface area contributed by atoms with Gasteiger partial charge in [-0.3, -0.25) is 0 Å². The number of hydrogen-bond donors (Lipinski definition) is 1. The standard InChI is InChI=1S/C16H28N4O/c1-5-17-15-14(12(3)4)16(19-11-18-15)20(6-2)10-13-8-7-9-21-13/h11-13H,5-10H2,1-4H3,(H,17,18,19). The van der Waals surface area contributed by atoms with Crippen LogP contribution in [0.15, 0.2) is 6.33 Å². The SMILES string of the molecule is CCNc1ncnc(N(CC)CC2CCCO2)c1C(C)C.